The predicted octanol–water partition coefficient (Wildman–Crippen LogP) is 2.84. The molecule has 0 spiro atoms. The first kappa shape index (κ1) is 18.1. The lowest BCUT2D eigenvalue weighted by Gasteiger charge is -2.29. The first-order chi connectivity index (χ1) is 11.4. The summed E-state index contributed by atoms with van der Waals surface area (Å²) in [7, 11) is 0. The topological polar surface area (TPSA) is 96.0 Å². The van der Waals surface area contributed by atoms with E-state index in [1.54, 1.807) is 25.1 Å². The summed E-state index contributed by atoms with van der Waals surface area (Å²) in [4.78, 5) is 23.3. The molecule has 1 amide bonds. The molecule has 1 aromatic carbocycles. The van der Waals surface area contributed by atoms with E-state index in [9.17, 15) is 14.9 Å². The number of primary amides is 1. The van der Waals surface area contributed by atoms with Crippen molar-refractivity contribution in [2.24, 2.45) is 5.73 Å². The van der Waals surface area contributed by atoms with Crippen LogP contribution in [0.1, 0.15) is 25.3 Å². The molecular formula is C17H16ClN3O2S. The van der Waals surface area contributed by atoms with Crippen LogP contribution in [-0.2, 0) is 9.59 Å². The smallest absolute Gasteiger partial charge is 0.227 e. The van der Waals surface area contributed by atoms with E-state index in [4.69, 9.17) is 17.3 Å². The number of nitrogens with zero attached hydrogens (tertiary/aromatic N) is 1. The molecule has 1 heterocycles. The second kappa shape index (κ2) is 7.56. The second-order valence-corrected chi connectivity index (χ2v) is 6.68. The standard InChI is InChI=1S/C17H16ClN3O2S/c1-9-15(10(2)22)16(11-5-3-4-6-13(11)18)12(7-19)17(21-9)24-8-14(20)23/h3-6,16,21H,8H2,1-2H3,(H2,20,23)/t16-/m1/s1. The molecule has 0 radical (unpaired) electrons. The van der Waals surface area contributed by atoms with Crippen molar-refractivity contribution >= 4 is 35.1 Å². The first-order valence-electron chi connectivity index (χ1n) is 7.15. The van der Waals surface area contributed by atoms with Crippen molar-refractivity contribution in [3.8, 4) is 6.07 Å². The summed E-state index contributed by atoms with van der Waals surface area (Å²) in [5.74, 6) is -1.17. The lowest BCUT2D eigenvalue weighted by atomic mass is 9.81. The number of allylic oxidation sites excluding steroid dienone is 3. The van der Waals surface area contributed by atoms with Gasteiger partial charge in [0.25, 0.3) is 0 Å². The summed E-state index contributed by atoms with van der Waals surface area (Å²) in [6, 6.07) is 9.27. The molecule has 0 aromatic heterocycles. The van der Waals surface area contributed by atoms with E-state index < -0.39 is 11.8 Å². The zero-order valence-electron chi connectivity index (χ0n) is 13.2. The fourth-order valence-electron chi connectivity index (χ4n) is 2.66. The minimum absolute atomic E-state index is 0.0332. The number of ketones is 1. The van der Waals surface area contributed by atoms with Gasteiger partial charge in [-0.1, -0.05) is 41.6 Å². The fraction of sp³-hybridized carbons (Fsp3) is 0.235. The van der Waals surface area contributed by atoms with Crippen molar-refractivity contribution in [2.45, 2.75) is 19.8 Å². The molecule has 7 heteroatoms. The number of Topliss-reactive ketones (excluding diaryl/α,β-unsaturated/α-hetero) is 1. The van der Waals surface area contributed by atoms with Gasteiger partial charge in [-0.3, -0.25) is 9.59 Å². The van der Waals surface area contributed by atoms with E-state index in [0.717, 1.165) is 11.8 Å². The van der Waals surface area contributed by atoms with Gasteiger partial charge in [-0.15, -0.1) is 0 Å². The number of thioether (sulfide) groups is 1. The zero-order valence-corrected chi connectivity index (χ0v) is 14.8. The van der Waals surface area contributed by atoms with Gasteiger partial charge >= 0.3 is 0 Å². The third kappa shape index (κ3) is 3.64. The van der Waals surface area contributed by atoms with Crippen molar-refractivity contribution in [3.05, 3.63) is 56.7 Å². The van der Waals surface area contributed by atoms with E-state index in [2.05, 4.69) is 11.4 Å². The number of hydrogen-bond donors (Lipinski definition) is 2. The number of amides is 1. The maximum Gasteiger partial charge on any atom is 0.227 e. The van der Waals surface area contributed by atoms with Crippen LogP contribution in [0.25, 0.3) is 0 Å². The fourth-order valence-corrected chi connectivity index (χ4v) is 3.73. The van der Waals surface area contributed by atoms with Crippen LogP contribution in [-0.4, -0.2) is 17.4 Å². The van der Waals surface area contributed by atoms with Crippen molar-refractivity contribution in [2.75, 3.05) is 5.75 Å². The van der Waals surface area contributed by atoms with Gasteiger partial charge in [0.15, 0.2) is 5.78 Å². The summed E-state index contributed by atoms with van der Waals surface area (Å²) in [5, 5.41) is 13.7. The average Bonchev–Trinajstić information content (AvgIpc) is 2.52. The summed E-state index contributed by atoms with van der Waals surface area (Å²) >= 11 is 7.45. The predicted molar refractivity (Wildman–Crippen MR) is 95.0 cm³/mol. The van der Waals surface area contributed by atoms with Crippen molar-refractivity contribution < 1.29 is 9.59 Å². The molecule has 0 fully saturated rings. The van der Waals surface area contributed by atoms with Crippen LogP contribution >= 0.6 is 23.4 Å². The van der Waals surface area contributed by atoms with E-state index >= 15 is 0 Å². The van der Waals surface area contributed by atoms with Crippen LogP contribution < -0.4 is 11.1 Å². The quantitative estimate of drug-likeness (QED) is 0.840. The molecular weight excluding hydrogens is 346 g/mol. The summed E-state index contributed by atoms with van der Waals surface area (Å²) in [6.45, 7) is 3.22. The van der Waals surface area contributed by atoms with Gasteiger partial charge in [0.1, 0.15) is 0 Å². The molecule has 0 saturated heterocycles. The van der Waals surface area contributed by atoms with Crippen LogP contribution in [0.3, 0.4) is 0 Å². The maximum atomic E-state index is 12.2. The molecule has 0 bridgehead atoms. The Hall–Kier alpha value is -2.23. The van der Waals surface area contributed by atoms with Crippen LogP contribution in [0.15, 0.2) is 46.1 Å². The second-order valence-electron chi connectivity index (χ2n) is 5.28. The Bertz CT molecular complexity index is 808. The molecule has 1 aliphatic rings. The third-order valence-corrected chi connectivity index (χ3v) is 4.99. The Morgan fingerprint density at radius 2 is 2.08 bits per heavy atom. The number of rotatable bonds is 5. The van der Waals surface area contributed by atoms with Crippen LogP contribution in [0, 0.1) is 11.3 Å². The molecule has 24 heavy (non-hydrogen) atoms. The van der Waals surface area contributed by atoms with E-state index in [-0.39, 0.29) is 11.5 Å². The summed E-state index contributed by atoms with van der Waals surface area (Å²) in [5.41, 5.74) is 7.35. The van der Waals surface area contributed by atoms with Gasteiger partial charge in [-0.25, -0.2) is 0 Å². The minimum Gasteiger partial charge on any atom is -0.369 e. The number of hydrogen-bond acceptors (Lipinski definition) is 5. The highest BCUT2D eigenvalue weighted by atomic mass is 35.5. The number of nitrogens with one attached hydrogen (secondary N) is 1. The molecule has 3 N–H and O–H groups in total. The van der Waals surface area contributed by atoms with E-state index in [1.165, 1.54) is 6.92 Å². The van der Waals surface area contributed by atoms with Gasteiger partial charge in [0, 0.05) is 16.3 Å². The van der Waals surface area contributed by atoms with Crippen LogP contribution in [0.5, 0.6) is 0 Å². The van der Waals surface area contributed by atoms with Gasteiger partial charge in [-0.05, 0) is 25.5 Å². The lowest BCUT2D eigenvalue weighted by molar-refractivity contribution is -0.115. The zero-order chi connectivity index (χ0) is 17.9. The van der Waals surface area contributed by atoms with Crippen molar-refractivity contribution in [1.82, 2.24) is 5.32 Å². The number of nitrogens with two attached hydrogens (primary N) is 1. The molecule has 5 nitrogen and oxygen atoms in total. The highest BCUT2D eigenvalue weighted by molar-refractivity contribution is 8.03. The van der Waals surface area contributed by atoms with Crippen molar-refractivity contribution in [3.63, 3.8) is 0 Å². The Labute approximate surface area is 149 Å². The molecule has 1 aliphatic heterocycles. The monoisotopic (exact) mass is 361 g/mol. The van der Waals surface area contributed by atoms with Crippen LogP contribution in [0.4, 0.5) is 0 Å². The summed E-state index contributed by atoms with van der Waals surface area (Å²) in [6.07, 6.45) is 0. The van der Waals surface area contributed by atoms with Gasteiger partial charge in [0.05, 0.1) is 28.3 Å². The Morgan fingerprint density at radius 3 is 2.62 bits per heavy atom. The Balaban J connectivity index is 2.63. The summed E-state index contributed by atoms with van der Waals surface area (Å²) < 4.78 is 0. The van der Waals surface area contributed by atoms with Gasteiger partial charge in [-0.2, -0.15) is 5.26 Å². The first-order valence-corrected chi connectivity index (χ1v) is 8.51. The largest absolute Gasteiger partial charge is 0.369 e. The van der Waals surface area contributed by atoms with E-state index in [0.29, 0.717) is 32.5 Å². The number of carbonyl (C=O) groups excluding carboxylic acids is 2. The third-order valence-electron chi connectivity index (χ3n) is 3.60. The number of dihydropyridines is 1. The maximum absolute atomic E-state index is 12.2. The van der Waals surface area contributed by atoms with Gasteiger partial charge in [0.2, 0.25) is 5.91 Å². The Morgan fingerprint density at radius 1 is 1.42 bits per heavy atom. The number of halogens is 1. The van der Waals surface area contributed by atoms with Crippen LogP contribution in [0.2, 0.25) is 5.02 Å². The minimum atomic E-state index is -0.571. The average molecular weight is 362 g/mol. The van der Waals surface area contributed by atoms with E-state index in [1.807, 2.05) is 6.07 Å². The molecule has 124 valence electrons. The number of carbonyl (C=O) groups is 2. The highest BCUT2D eigenvalue weighted by Crippen LogP contribution is 2.42. The lowest BCUT2D eigenvalue weighted by Crippen LogP contribution is -2.28. The molecule has 0 aliphatic carbocycles. The van der Waals surface area contributed by atoms with Gasteiger partial charge < -0.3 is 11.1 Å². The normalized spacial score (nSPS) is 17.3. The molecule has 0 unspecified atom stereocenters. The molecule has 0 saturated carbocycles. The molecule has 1 atom stereocenters. The Kier molecular flexibility index (Phi) is 5.71. The highest BCUT2D eigenvalue weighted by Gasteiger charge is 2.34. The number of nitriles is 1. The molecule has 1 aromatic rings. The molecule has 2 rings (SSSR count). The SMILES string of the molecule is CC(=O)C1=C(C)NC(SCC(N)=O)=C(C#N)[C@H]1c1ccccc1Cl. The van der Waals surface area contributed by atoms with Crippen molar-refractivity contribution in [1.29, 1.82) is 5.26 Å². The number of benzene rings is 1.